The lowest BCUT2D eigenvalue weighted by atomic mass is 10.0. The van der Waals surface area contributed by atoms with Crippen LogP contribution in [0, 0.1) is 0 Å². The second-order valence-corrected chi connectivity index (χ2v) is 5.19. The summed E-state index contributed by atoms with van der Waals surface area (Å²) in [6, 6.07) is 3.48. The lowest BCUT2D eigenvalue weighted by molar-refractivity contribution is 0.0933. The molecule has 5 nitrogen and oxygen atoms in total. The molecule has 1 aromatic heterocycles. The molecule has 2 aromatic rings. The summed E-state index contributed by atoms with van der Waals surface area (Å²) >= 11 is 0. The third-order valence-corrected chi connectivity index (χ3v) is 3.08. The molecule has 18 heavy (non-hydrogen) atoms. The zero-order chi connectivity index (χ0) is 13.1. The van der Waals surface area contributed by atoms with Crippen molar-refractivity contribution < 1.29 is 13.9 Å². The van der Waals surface area contributed by atoms with Crippen LogP contribution in [-0.2, 0) is 6.42 Å². The van der Waals surface area contributed by atoms with Gasteiger partial charge in [-0.2, -0.15) is 0 Å². The van der Waals surface area contributed by atoms with Crippen molar-refractivity contribution in [3.63, 3.8) is 0 Å². The highest BCUT2D eigenvalue weighted by Crippen LogP contribution is 2.37. The average molecular weight is 247 g/mol. The molecule has 0 atom stereocenters. The molecular formula is C13H13NO4. The lowest BCUT2D eigenvalue weighted by Gasteiger charge is -2.16. The lowest BCUT2D eigenvalue weighted by Crippen LogP contribution is -2.24. The summed E-state index contributed by atoms with van der Waals surface area (Å²) in [6.07, 6.45) is 0.746. The van der Waals surface area contributed by atoms with E-state index in [1.807, 2.05) is 13.8 Å². The molecule has 1 aliphatic rings. The molecule has 0 radical (unpaired) electrons. The molecule has 94 valence electrons. The van der Waals surface area contributed by atoms with Gasteiger partial charge in [0.15, 0.2) is 5.58 Å². The van der Waals surface area contributed by atoms with Gasteiger partial charge in [0.25, 0.3) is 0 Å². The molecule has 0 aliphatic carbocycles. The summed E-state index contributed by atoms with van der Waals surface area (Å²) in [7, 11) is 0. The number of fused-ring (bicyclic) bond motifs is 2. The zero-order valence-electron chi connectivity index (χ0n) is 10.4. The summed E-state index contributed by atoms with van der Waals surface area (Å²) in [6.45, 7) is 5.32. The van der Waals surface area contributed by atoms with Gasteiger partial charge in [-0.1, -0.05) is 0 Å². The van der Waals surface area contributed by atoms with Crippen LogP contribution in [0.1, 0.15) is 31.1 Å². The minimum atomic E-state index is -0.652. The van der Waals surface area contributed by atoms with E-state index in [0.717, 1.165) is 22.3 Å². The topological polar surface area (TPSA) is 61.4 Å². The zero-order valence-corrected chi connectivity index (χ0v) is 10.4. The van der Waals surface area contributed by atoms with Crippen LogP contribution < -0.4 is 10.5 Å². The van der Waals surface area contributed by atoms with Crippen molar-refractivity contribution in [3.05, 3.63) is 28.2 Å². The number of oxazole rings is 1. The van der Waals surface area contributed by atoms with Crippen molar-refractivity contribution in [3.8, 4) is 5.75 Å². The summed E-state index contributed by atoms with van der Waals surface area (Å²) < 4.78 is 11.9. The Hall–Kier alpha value is -2.04. The standard InChI is InChI=1S/C13H13NO4/c1-7(15)14-9-4-8-6-13(2,3)18-10(8)5-11(9)17-12(14)16/h4-5H,6H2,1-3H3. The van der Waals surface area contributed by atoms with Crippen molar-refractivity contribution in [1.29, 1.82) is 0 Å². The van der Waals surface area contributed by atoms with E-state index in [2.05, 4.69) is 0 Å². The predicted octanol–water partition coefficient (Wildman–Crippen LogP) is 1.97. The summed E-state index contributed by atoms with van der Waals surface area (Å²) in [4.78, 5) is 23.0. The normalized spacial score (nSPS) is 16.6. The molecule has 1 aromatic carbocycles. The Morgan fingerprint density at radius 3 is 2.78 bits per heavy atom. The van der Waals surface area contributed by atoms with Gasteiger partial charge in [0.1, 0.15) is 11.4 Å². The van der Waals surface area contributed by atoms with Gasteiger partial charge < -0.3 is 9.15 Å². The maximum Gasteiger partial charge on any atom is 0.426 e. The van der Waals surface area contributed by atoms with Gasteiger partial charge in [0, 0.05) is 25.0 Å². The number of hydrogen-bond acceptors (Lipinski definition) is 4. The number of nitrogens with zero attached hydrogens (tertiary/aromatic N) is 1. The Kier molecular flexibility index (Phi) is 2.00. The van der Waals surface area contributed by atoms with Crippen LogP contribution in [0.2, 0.25) is 0 Å². The monoisotopic (exact) mass is 247 g/mol. The molecule has 0 saturated heterocycles. The van der Waals surface area contributed by atoms with Crippen molar-refractivity contribution in [2.75, 3.05) is 0 Å². The van der Waals surface area contributed by atoms with Gasteiger partial charge in [-0.3, -0.25) is 4.79 Å². The van der Waals surface area contributed by atoms with Crippen LogP contribution in [0.3, 0.4) is 0 Å². The number of carbonyl (C=O) groups excluding carboxylic acids is 1. The van der Waals surface area contributed by atoms with Gasteiger partial charge in [-0.25, -0.2) is 9.36 Å². The van der Waals surface area contributed by atoms with Gasteiger partial charge in [-0.05, 0) is 19.9 Å². The van der Waals surface area contributed by atoms with E-state index in [1.54, 1.807) is 12.1 Å². The molecule has 0 spiro atoms. The number of rotatable bonds is 0. The summed E-state index contributed by atoms with van der Waals surface area (Å²) in [5.41, 5.74) is 1.62. The van der Waals surface area contributed by atoms with E-state index in [0.29, 0.717) is 11.1 Å². The molecule has 0 unspecified atom stereocenters. The van der Waals surface area contributed by atoms with Gasteiger partial charge in [0.05, 0.1) is 5.52 Å². The number of ether oxygens (including phenoxy) is 1. The molecule has 0 bridgehead atoms. The van der Waals surface area contributed by atoms with E-state index in [4.69, 9.17) is 9.15 Å². The Morgan fingerprint density at radius 1 is 1.39 bits per heavy atom. The second kappa shape index (κ2) is 3.25. The van der Waals surface area contributed by atoms with Crippen molar-refractivity contribution in [2.45, 2.75) is 32.8 Å². The Bertz CT molecular complexity index is 720. The number of aromatic nitrogens is 1. The van der Waals surface area contributed by atoms with Crippen LogP contribution >= 0.6 is 0 Å². The molecule has 0 amide bonds. The van der Waals surface area contributed by atoms with Crippen molar-refractivity contribution in [2.24, 2.45) is 0 Å². The fourth-order valence-electron chi connectivity index (χ4n) is 2.41. The molecule has 2 heterocycles. The van der Waals surface area contributed by atoms with Crippen LogP contribution in [0.4, 0.5) is 0 Å². The van der Waals surface area contributed by atoms with Gasteiger partial charge in [-0.15, -0.1) is 0 Å². The largest absolute Gasteiger partial charge is 0.487 e. The fraction of sp³-hybridized carbons (Fsp3) is 0.385. The molecule has 0 N–H and O–H groups in total. The molecule has 5 heteroatoms. The molecule has 1 aliphatic heterocycles. The maximum atomic E-state index is 11.6. The quantitative estimate of drug-likeness (QED) is 0.714. The third-order valence-electron chi connectivity index (χ3n) is 3.08. The fourth-order valence-corrected chi connectivity index (χ4v) is 2.41. The summed E-state index contributed by atoms with van der Waals surface area (Å²) in [5, 5.41) is 0. The van der Waals surface area contributed by atoms with E-state index < -0.39 is 5.76 Å². The summed E-state index contributed by atoms with van der Waals surface area (Å²) in [5.74, 6) is -0.283. The Morgan fingerprint density at radius 2 is 2.11 bits per heavy atom. The van der Waals surface area contributed by atoms with E-state index >= 15 is 0 Å². The average Bonchev–Trinajstić information content (AvgIpc) is 2.66. The van der Waals surface area contributed by atoms with Crippen LogP contribution in [0.15, 0.2) is 21.3 Å². The second-order valence-electron chi connectivity index (χ2n) is 5.19. The maximum absolute atomic E-state index is 11.6. The molecule has 0 fully saturated rings. The SMILES string of the molecule is CC(=O)n1c(=O)oc2cc3c(cc21)CC(C)(C)O3. The number of carbonyl (C=O) groups is 1. The van der Waals surface area contributed by atoms with Crippen molar-refractivity contribution >= 4 is 17.0 Å². The predicted molar refractivity (Wildman–Crippen MR) is 65.2 cm³/mol. The van der Waals surface area contributed by atoms with Gasteiger partial charge >= 0.3 is 5.76 Å². The highest BCUT2D eigenvalue weighted by atomic mass is 16.5. The first-order valence-electron chi connectivity index (χ1n) is 5.76. The molecule has 3 rings (SSSR count). The Labute approximate surface area is 103 Å². The third kappa shape index (κ3) is 1.47. The van der Waals surface area contributed by atoms with E-state index in [-0.39, 0.29) is 11.5 Å². The van der Waals surface area contributed by atoms with Crippen LogP contribution in [0.25, 0.3) is 11.1 Å². The van der Waals surface area contributed by atoms with Gasteiger partial charge in [0.2, 0.25) is 5.91 Å². The number of hydrogen-bond donors (Lipinski definition) is 0. The van der Waals surface area contributed by atoms with Crippen LogP contribution in [0.5, 0.6) is 5.75 Å². The first kappa shape index (κ1) is 11.1. The number of benzene rings is 1. The molecular weight excluding hydrogens is 234 g/mol. The van der Waals surface area contributed by atoms with E-state index in [1.165, 1.54) is 6.92 Å². The highest BCUT2D eigenvalue weighted by Gasteiger charge is 2.31. The van der Waals surface area contributed by atoms with Crippen molar-refractivity contribution in [1.82, 2.24) is 4.57 Å². The Balaban J connectivity index is 2.29. The van der Waals surface area contributed by atoms with E-state index in [9.17, 15) is 9.59 Å². The first-order chi connectivity index (χ1) is 8.37. The minimum Gasteiger partial charge on any atom is -0.487 e. The first-order valence-corrected chi connectivity index (χ1v) is 5.76. The smallest absolute Gasteiger partial charge is 0.426 e. The van der Waals surface area contributed by atoms with Crippen LogP contribution in [-0.4, -0.2) is 16.1 Å². The minimum absolute atomic E-state index is 0.261. The molecule has 0 saturated carbocycles. The highest BCUT2D eigenvalue weighted by molar-refractivity contribution is 5.89.